The smallest absolute Gasteiger partial charge is 0.249 e. The van der Waals surface area contributed by atoms with Gasteiger partial charge in [0.05, 0.1) is 0 Å². The Balaban J connectivity index is 3.06. The highest BCUT2D eigenvalue weighted by molar-refractivity contribution is 9.10. The number of nitrogens with zero attached hydrogens (tertiary/aromatic N) is 1. The molecule has 1 nitrogen and oxygen atoms in total. The van der Waals surface area contributed by atoms with Crippen molar-refractivity contribution in [3.63, 3.8) is 0 Å². The monoisotopic (exact) mass is 221 g/mol. The van der Waals surface area contributed by atoms with Gasteiger partial charge in [-0.2, -0.15) is 0 Å². The van der Waals surface area contributed by atoms with Crippen molar-refractivity contribution in [2.75, 3.05) is 0 Å². The Morgan fingerprint density at radius 1 is 1.55 bits per heavy atom. The number of alkyl halides is 2. The molecule has 0 bridgehead atoms. The summed E-state index contributed by atoms with van der Waals surface area (Å²) in [6.45, 7) is 0.856. The van der Waals surface area contributed by atoms with Gasteiger partial charge >= 0.3 is 0 Å². The van der Waals surface area contributed by atoms with Gasteiger partial charge < -0.3 is 0 Å². The molecule has 1 rings (SSSR count). The van der Waals surface area contributed by atoms with Gasteiger partial charge in [-0.05, 0) is 28.1 Å². The predicted molar refractivity (Wildman–Crippen MR) is 41.5 cm³/mol. The van der Waals surface area contributed by atoms with Crippen molar-refractivity contribution in [2.24, 2.45) is 0 Å². The van der Waals surface area contributed by atoms with Crippen LogP contribution in [0.2, 0.25) is 0 Å². The Morgan fingerprint density at radius 3 is 2.55 bits per heavy atom. The molecule has 0 saturated carbocycles. The minimum atomic E-state index is -2.79. The average molecular weight is 222 g/mol. The first kappa shape index (κ1) is 8.59. The SMILES string of the molecule is CC(F)(F)c1ccnc(Br)c1. The predicted octanol–water partition coefficient (Wildman–Crippen LogP) is 2.96. The largest absolute Gasteiger partial charge is 0.270 e. The lowest BCUT2D eigenvalue weighted by Gasteiger charge is -2.09. The van der Waals surface area contributed by atoms with Crippen molar-refractivity contribution in [1.29, 1.82) is 0 Å². The molecule has 0 aliphatic carbocycles. The number of rotatable bonds is 1. The van der Waals surface area contributed by atoms with Crippen molar-refractivity contribution in [3.05, 3.63) is 28.5 Å². The summed E-state index contributed by atoms with van der Waals surface area (Å²) in [4.78, 5) is 3.74. The van der Waals surface area contributed by atoms with Crippen LogP contribution in [0.5, 0.6) is 0 Å². The quantitative estimate of drug-likeness (QED) is 0.665. The second-order valence-corrected chi connectivity index (χ2v) is 3.07. The van der Waals surface area contributed by atoms with Crippen LogP contribution in [0.15, 0.2) is 22.9 Å². The van der Waals surface area contributed by atoms with E-state index in [1.807, 2.05) is 0 Å². The average Bonchev–Trinajstić information content (AvgIpc) is 1.86. The maximum atomic E-state index is 12.6. The molecule has 0 aromatic carbocycles. The highest BCUT2D eigenvalue weighted by Crippen LogP contribution is 2.27. The van der Waals surface area contributed by atoms with Crippen LogP contribution < -0.4 is 0 Å². The van der Waals surface area contributed by atoms with Gasteiger partial charge in [0.2, 0.25) is 0 Å². The zero-order valence-electron chi connectivity index (χ0n) is 5.81. The minimum Gasteiger partial charge on any atom is -0.249 e. The van der Waals surface area contributed by atoms with Gasteiger partial charge in [-0.25, -0.2) is 13.8 Å². The highest BCUT2D eigenvalue weighted by Gasteiger charge is 2.23. The van der Waals surface area contributed by atoms with Gasteiger partial charge in [0, 0.05) is 18.7 Å². The lowest BCUT2D eigenvalue weighted by molar-refractivity contribution is 0.0173. The van der Waals surface area contributed by atoms with E-state index in [0.717, 1.165) is 6.92 Å². The summed E-state index contributed by atoms with van der Waals surface area (Å²) in [5, 5.41) is 0. The Hall–Kier alpha value is -0.510. The third-order valence-electron chi connectivity index (χ3n) is 1.23. The van der Waals surface area contributed by atoms with Gasteiger partial charge in [0.1, 0.15) is 4.60 Å². The van der Waals surface area contributed by atoms with Crippen molar-refractivity contribution >= 4 is 15.9 Å². The third kappa shape index (κ3) is 2.22. The maximum Gasteiger partial charge on any atom is 0.270 e. The van der Waals surface area contributed by atoms with E-state index in [-0.39, 0.29) is 5.56 Å². The number of aromatic nitrogens is 1. The van der Waals surface area contributed by atoms with Crippen LogP contribution in [0.25, 0.3) is 0 Å². The first-order chi connectivity index (χ1) is 5.00. The molecular formula is C7H6BrF2N. The van der Waals surface area contributed by atoms with E-state index in [0.29, 0.717) is 4.60 Å². The summed E-state index contributed by atoms with van der Waals surface area (Å²) in [5.41, 5.74) is -0.0284. The fraction of sp³-hybridized carbons (Fsp3) is 0.286. The molecule has 0 aliphatic heterocycles. The first-order valence-corrected chi connectivity index (χ1v) is 3.79. The summed E-state index contributed by atoms with van der Waals surface area (Å²) < 4.78 is 25.6. The van der Waals surface area contributed by atoms with Crippen LogP contribution in [-0.4, -0.2) is 4.98 Å². The Labute approximate surface area is 71.6 Å². The van der Waals surface area contributed by atoms with Gasteiger partial charge in [-0.15, -0.1) is 0 Å². The second-order valence-electron chi connectivity index (χ2n) is 2.26. The van der Waals surface area contributed by atoms with E-state index in [4.69, 9.17) is 0 Å². The van der Waals surface area contributed by atoms with Gasteiger partial charge in [0.25, 0.3) is 5.92 Å². The third-order valence-corrected chi connectivity index (χ3v) is 1.67. The molecule has 1 aromatic rings. The minimum absolute atomic E-state index is 0.0284. The Kier molecular flexibility index (Phi) is 2.23. The molecule has 1 heterocycles. The molecule has 4 heteroatoms. The van der Waals surface area contributed by atoms with Crippen molar-refractivity contribution < 1.29 is 8.78 Å². The lowest BCUT2D eigenvalue weighted by atomic mass is 10.2. The van der Waals surface area contributed by atoms with Gasteiger partial charge in [-0.3, -0.25) is 0 Å². The van der Waals surface area contributed by atoms with Gasteiger partial charge in [-0.1, -0.05) is 0 Å². The van der Waals surface area contributed by atoms with Crippen LogP contribution in [0.1, 0.15) is 12.5 Å². The van der Waals surface area contributed by atoms with E-state index >= 15 is 0 Å². The van der Waals surface area contributed by atoms with Crippen LogP contribution in [-0.2, 0) is 5.92 Å². The molecule has 60 valence electrons. The molecule has 0 fully saturated rings. The van der Waals surface area contributed by atoms with Crippen molar-refractivity contribution in [3.8, 4) is 0 Å². The number of pyridine rings is 1. The summed E-state index contributed by atoms with van der Waals surface area (Å²) in [5.74, 6) is -2.79. The lowest BCUT2D eigenvalue weighted by Crippen LogP contribution is -2.06. The summed E-state index contributed by atoms with van der Waals surface area (Å²) in [6.07, 6.45) is 1.34. The van der Waals surface area contributed by atoms with Crippen LogP contribution >= 0.6 is 15.9 Å². The summed E-state index contributed by atoms with van der Waals surface area (Å²) in [6, 6.07) is 2.60. The molecule has 0 radical (unpaired) electrons. The van der Waals surface area contributed by atoms with E-state index in [9.17, 15) is 8.78 Å². The number of hydrogen-bond donors (Lipinski definition) is 0. The second kappa shape index (κ2) is 2.85. The molecule has 0 saturated heterocycles. The molecular weight excluding hydrogens is 216 g/mol. The highest BCUT2D eigenvalue weighted by atomic mass is 79.9. The van der Waals surface area contributed by atoms with Crippen molar-refractivity contribution in [2.45, 2.75) is 12.8 Å². The molecule has 11 heavy (non-hydrogen) atoms. The first-order valence-electron chi connectivity index (χ1n) is 3.00. The molecule has 0 aliphatic rings. The fourth-order valence-electron chi connectivity index (χ4n) is 0.676. The maximum absolute atomic E-state index is 12.6. The summed E-state index contributed by atoms with van der Waals surface area (Å²) in [7, 11) is 0. The summed E-state index contributed by atoms with van der Waals surface area (Å²) >= 11 is 3.01. The van der Waals surface area contributed by atoms with E-state index < -0.39 is 5.92 Å². The molecule has 0 atom stereocenters. The number of hydrogen-bond acceptors (Lipinski definition) is 1. The van der Waals surface area contributed by atoms with Crippen LogP contribution in [0, 0.1) is 0 Å². The zero-order valence-corrected chi connectivity index (χ0v) is 7.40. The zero-order chi connectivity index (χ0) is 8.48. The molecule has 0 amide bonds. The molecule has 0 spiro atoms. The van der Waals surface area contributed by atoms with Crippen LogP contribution in [0.3, 0.4) is 0 Å². The Bertz CT molecular complexity index is 257. The van der Waals surface area contributed by atoms with E-state index in [1.165, 1.54) is 18.3 Å². The van der Waals surface area contributed by atoms with Gasteiger partial charge in [0.15, 0.2) is 0 Å². The fourth-order valence-corrected chi connectivity index (χ4v) is 1.04. The van der Waals surface area contributed by atoms with Crippen LogP contribution in [0.4, 0.5) is 8.78 Å². The topological polar surface area (TPSA) is 12.9 Å². The van der Waals surface area contributed by atoms with E-state index in [2.05, 4.69) is 20.9 Å². The molecule has 0 N–H and O–H groups in total. The standard InChI is InChI=1S/C7H6BrF2N/c1-7(9,10)5-2-3-11-6(8)4-5/h2-4H,1H3. The molecule has 1 aromatic heterocycles. The molecule has 0 unspecified atom stereocenters. The van der Waals surface area contributed by atoms with E-state index in [1.54, 1.807) is 0 Å². The normalized spacial score (nSPS) is 11.6. The number of halogens is 3. The Morgan fingerprint density at radius 2 is 2.18 bits per heavy atom. The van der Waals surface area contributed by atoms with Crippen molar-refractivity contribution in [1.82, 2.24) is 4.98 Å².